The maximum absolute atomic E-state index is 12.1. The number of hydrogen-bond donors (Lipinski definition) is 3. The summed E-state index contributed by atoms with van der Waals surface area (Å²) >= 11 is 0. The van der Waals surface area contributed by atoms with E-state index in [2.05, 4.69) is 33.5 Å². The van der Waals surface area contributed by atoms with Crippen molar-refractivity contribution in [3.63, 3.8) is 0 Å². The van der Waals surface area contributed by atoms with Gasteiger partial charge in [-0.25, -0.2) is 4.98 Å². The minimum atomic E-state index is -0.462. The lowest BCUT2D eigenvalue weighted by molar-refractivity contribution is 0.0997. The summed E-state index contributed by atoms with van der Waals surface area (Å²) in [6.07, 6.45) is 8.95. The molecule has 1 aromatic carbocycles. The Hall–Kier alpha value is -2.66. The lowest BCUT2D eigenvalue weighted by Gasteiger charge is -2.23. The number of rotatable bonds is 2. The van der Waals surface area contributed by atoms with Crippen molar-refractivity contribution >= 4 is 16.8 Å². The molecule has 1 aliphatic heterocycles. The van der Waals surface area contributed by atoms with Gasteiger partial charge in [0, 0.05) is 29.4 Å². The Morgan fingerprint density at radius 3 is 2.82 bits per heavy atom. The van der Waals surface area contributed by atoms with Crippen molar-refractivity contribution in [1.82, 2.24) is 15.3 Å². The summed E-state index contributed by atoms with van der Waals surface area (Å²) in [5, 5.41) is 4.64. The van der Waals surface area contributed by atoms with E-state index in [1.165, 1.54) is 52.6 Å². The highest BCUT2D eigenvalue weighted by Crippen LogP contribution is 2.56. The van der Waals surface area contributed by atoms with Crippen molar-refractivity contribution in [3.8, 4) is 11.1 Å². The molecule has 0 saturated heterocycles. The van der Waals surface area contributed by atoms with Crippen LogP contribution in [0.25, 0.3) is 22.0 Å². The number of amides is 1. The Bertz CT molecular complexity index is 1140. The predicted molar refractivity (Wildman–Crippen MR) is 109 cm³/mol. The van der Waals surface area contributed by atoms with E-state index in [-0.39, 0.29) is 0 Å². The van der Waals surface area contributed by atoms with Gasteiger partial charge < -0.3 is 16.0 Å². The third-order valence-corrected chi connectivity index (χ3v) is 7.10. The van der Waals surface area contributed by atoms with Gasteiger partial charge in [0.15, 0.2) is 5.69 Å². The fraction of sp³-hybridized carbons (Fsp3) is 0.391. The molecule has 142 valence electrons. The molecule has 1 spiro atoms. The van der Waals surface area contributed by atoms with Gasteiger partial charge in [0.25, 0.3) is 5.91 Å². The molecule has 1 saturated carbocycles. The van der Waals surface area contributed by atoms with Crippen LogP contribution in [-0.2, 0) is 25.8 Å². The van der Waals surface area contributed by atoms with Gasteiger partial charge in [0.2, 0.25) is 0 Å². The molecule has 0 bridgehead atoms. The lowest BCUT2D eigenvalue weighted by atomic mass is 9.82. The van der Waals surface area contributed by atoms with Crippen LogP contribution in [0, 0.1) is 5.41 Å². The van der Waals surface area contributed by atoms with E-state index in [1.54, 1.807) is 0 Å². The van der Waals surface area contributed by atoms with E-state index in [4.69, 9.17) is 5.73 Å². The Morgan fingerprint density at radius 2 is 2.00 bits per heavy atom. The molecule has 4 N–H and O–H groups in total. The second kappa shape index (κ2) is 5.67. The molecule has 0 atom stereocenters. The number of aromatic nitrogens is 2. The highest BCUT2D eigenvalue weighted by atomic mass is 16.1. The van der Waals surface area contributed by atoms with Crippen molar-refractivity contribution in [2.24, 2.45) is 11.1 Å². The van der Waals surface area contributed by atoms with Crippen LogP contribution in [0.3, 0.4) is 0 Å². The second-order valence-corrected chi connectivity index (χ2v) is 8.76. The van der Waals surface area contributed by atoms with Gasteiger partial charge in [-0.05, 0) is 72.7 Å². The van der Waals surface area contributed by atoms with Crippen LogP contribution >= 0.6 is 0 Å². The molecule has 3 aromatic rings. The zero-order valence-corrected chi connectivity index (χ0v) is 15.9. The number of nitrogens with one attached hydrogen (secondary N) is 2. The molecule has 5 nitrogen and oxygen atoms in total. The maximum atomic E-state index is 12.1. The standard InChI is InChI=1S/C23H24N4O/c24-22(28)21-20-19(16-10-23(7-8-23)6-4-18(16)27-20)17(12-26-21)15-3-1-2-13-11-25-9-5-14(13)15/h1-3,12,25,27H,4-11H2,(H2,24,28). The molecule has 0 radical (unpaired) electrons. The predicted octanol–water partition coefficient (Wildman–Crippen LogP) is 3.24. The first-order chi connectivity index (χ1) is 13.7. The van der Waals surface area contributed by atoms with Crippen molar-refractivity contribution < 1.29 is 4.79 Å². The van der Waals surface area contributed by atoms with Gasteiger partial charge in [0.1, 0.15) is 0 Å². The third kappa shape index (κ3) is 2.29. The fourth-order valence-corrected chi connectivity index (χ4v) is 5.36. The number of primary amides is 1. The Labute approximate surface area is 163 Å². The SMILES string of the molecule is NC(=O)c1ncc(-c2cccc3c2CCNC3)c2c3c([nH]c12)CCC1(CC1)C3. The molecule has 2 aromatic heterocycles. The van der Waals surface area contributed by atoms with Crippen molar-refractivity contribution in [3.05, 3.63) is 52.5 Å². The third-order valence-electron chi connectivity index (χ3n) is 7.10. The Morgan fingerprint density at radius 1 is 1.11 bits per heavy atom. The molecule has 1 amide bonds. The highest BCUT2D eigenvalue weighted by molar-refractivity contribution is 6.09. The van der Waals surface area contributed by atoms with E-state index in [0.29, 0.717) is 11.1 Å². The molecule has 3 heterocycles. The van der Waals surface area contributed by atoms with Gasteiger partial charge in [0.05, 0.1) is 5.52 Å². The Balaban J connectivity index is 1.65. The summed E-state index contributed by atoms with van der Waals surface area (Å²) in [5.74, 6) is -0.462. The van der Waals surface area contributed by atoms with E-state index in [1.807, 2.05) is 6.20 Å². The monoisotopic (exact) mass is 372 g/mol. The van der Waals surface area contributed by atoms with E-state index in [9.17, 15) is 4.79 Å². The minimum absolute atomic E-state index is 0.365. The van der Waals surface area contributed by atoms with Gasteiger partial charge in [-0.1, -0.05) is 18.2 Å². The molecule has 5 heteroatoms. The summed E-state index contributed by atoms with van der Waals surface area (Å²) < 4.78 is 0. The van der Waals surface area contributed by atoms with Crippen LogP contribution in [0.15, 0.2) is 24.4 Å². The quantitative estimate of drug-likeness (QED) is 0.646. The Kier molecular flexibility index (Phi) is 3.30. The number of aromatic amines is 1. The number of carbonyl (C=O) groups is 1. The van der Waals surface area contributed by atoms with Gasteiger partial charge in [-0.2, -0.15) is 0 Å². The van der Waals surface area contributed by atoms with Crippen molar-refractivity contribution in [2.45, 2.75) is 45.1 Å². The zero-order chi connectivity index (χ0) is 18.9. The molecule has 1 fully saturated rings. The number of fused-ring (bicyclic) bond motifs is 4. The van der Waals surface area contributed by atoms with E-state index >= 15 is 0 Å². The summed E-state index contributed by atoms with van der Waals surface area (Å²) in [6, 6.07) is 6.55. The number of hydrogen-bond acceptors (Lipinski definition) is 3. The maximum Gasteiger partial charge on any atom is 0.269 e. The van der Waals surface area contributed by atoms with Gasteiger partial charge in [-0.15, -0.1) is 0 Å². The normalized spacial score (nSPS) is 19.4. The average molecular weight is 372 g/mol. The number of H-pyrrole nitrogens is 1. The number of nitrogens with two attached hydrogens (primary N) is 1. The molecule has 2 aliphatic carbocycles. The summed E-state index contributed by atoms with van der Waals surface area (Å²) in [4.78, 5) is 20.1. The molecule has 3 aliphatic rings. The fourth-order valence-electron chi connectivity index (χ4n) is 5.36. The van der Waals surface area contributed by atoms with Crippen molar-refractivity contribution in [2.75, 3.05) is 6.54 Å². The minimum Gasteiger partial charge on any atom is -0.364 e. The molecule has 28 heavy (non-hydrogen) atoms. The number of pyridine rings is 1. The van der Waals surface area contributed by atoms with Gasteiger partial charge >= 0.3 is 0 Å². The summed E-state index contributed by atoms with van der Waals surface area (Å²) in [5.41, 5.74) is 15.2. The summed E-state index contributed by atoms with van der Waals surface area (Å²) in [6.45, 7) is 1.90. The first-order valence-corrected chi connectivity index (χ1v) is 10.3. The van der Waals surface area contributed by atoms with Crippen LogP contribution in [0.2, 0.25) is 0 Å². The first kappa shape index (κ1) is 16.3. The largest absolute Gasteiger partial charge is 0.364 e. The number of benzene rings is 1. The van der Waals surface area contributed by atoms with Crippen molar-refractivity contribution in [1.29, 1.82) is 0 Å². The molecule has 6 rings (SSSR count). The number of nitrogens with zero attached hydrogens (tertiary/aromatic N) is 1. The van der Waals surface area contributed by atoms with Crippen LogP contribution in [0.5, 0.6) is 0 Å². The first-order valence-electron chi connectivity index (χ1n) is 10.3. The van der Waals surface area contributed by atoms with Crippen LogP contribution in [0.4, 0.5) is 0 Å². The smallest absolute Gasteiger partial charge is 0.269 e. The zero-order valence-electron chi connectivity index (χ0n) is 15.9. The number of carbonyl (C=O) groups excluding carboxylic acids is 1. The molecular weight excluding hydrogens is 348 g/mol. The number of aryl methyl sites for hydroxylation is 1. The van der Waals surface area contributed by atoms with Crippen LogP contribution in [-0.4, -0.2) is 22.4 Å². The van der Waals surface area contributed by atoms with Gasteiger partial charge in [-0.3, -0.25) is 4.79 Å². The highest BCUT2D eigenvalue weighted by Gasteiger charge is 2.45. The molecule has 0 unspecified atom stereocenters. The van der Waals surface area contributed by atoms with Crippen LogP contribution < -0.4 is 11.1 Å². The second-order valence-electron chi connectivity index (χ2n) is 8.76. The molecular formula is C23H24N4O. The lowest BCUT2D eigenvalue weighted by Crippen LogP contribution is -2.24. The van der Waals surface area contributed by atoms with Crippen LogP contribution in [0.1, 0.15) is 52.1 Å². The van der Waals surface area contributed by atoms with E-state index < -0.39 is 5.91 Å². The van der Waals surface area contributed by atoms with E-state index in [0.717, 1.165) is 43.4 Å². The average Bonchev–Trinajstić information content (AvgIpc) is 3.36. The summed E-state index contributed by atoms with van der Waals surface area (Å²) in [7, 11) is 0. The topological polar surface area (TPSA) is 83.8 Å².